The summed E-state index contributed by atoms with van der Waals surface area (Å²) in [5.41, 5.74) is 5.20. The first-order valence-electron chi connectivity index (χ1n) is 11.5. The van der Waals surface area contributed by atoms with Crippen molar-refractivity contribution < 1.29 is 14.4 Å². The van der Waals surface area contributed by atoms with Crippen LogP contribution in [0, 0.1) is 6.92 Å². The molecule has 5 nitrogen and oxygen atoms in total. The number of aryl methyl sites for hydroxylation is 2. The zero-order valence-electron chi connectivity index (χ0n) is 19.4. The van der Waals surface area contributed by atoms with Crippen LogP contribution in [-0.2, 0) is 13.0 Å². The molecule has 0 atom stereocenters. The molecule has 35 heavy (non-hydrogen) atoms. The molecule has 4 aromatic rings. The van der Waals surface area contributed by atoms with Gasteiger partial charge in [0.25, 0.3) is 11.8 Å². The van der Waals surface area contributed by atoms with E-state index in [9.17, 15) is 14.4 Å². The molecule has 0 saturated heterocycles. The average Bonchev–Trinajstić information content (AvgIpc) is 3.32. The van der Waals surface area contributed by atoms with Gasteiger partial charge in [0, 0.05) is 27.5 Å². The predicted octanol–water partition coefficient (Wildman–Crippen LogP) is 6.03. The summed E-state index contributed by atoms with van der Waals surface area (Å²) in [4.78, 5) is 41.0. The van der Waals surface area contributed by atoms with E-state index in [4.69, 9.17) is 11.6 Å². The lowest BCUT2D eigenvalue weighted by Gasteiger charge is -2.20. The maximum absolute atomic E-state index is 13.5. The first-order valence-corrected chi connectivity index (χ1v) is 11.8. The topological polar surface area (TPSA) is 59.4 Å². The molecule has 0 radical (unpaired) electrons. The van der Waals surface area contributed by atoms with Crippen molar-refractivity contribution in [1.82, 2.24) is 9.47 Å². The fraction of sp³-hybridized carbons (Fsp3) is 0.138. The van der Waals surface area contributed by atoms with E-state index in [1.807, 2.05) is 48.7 Å². The molecule has 0 unspecified atom stereocenters. The molecule has 5 rings (SSSR count). The van der Waals surface area contributed by atoms with Crippen molar-refractivity contribution in [2.75, 3.05) is 0 Å². The highest BCUT2D eigenvalue weighted by atomic mass is 35.5. The Hall–Kier alpha value is -3.96. The van der Waals surface area contributed by atoms with Crippen molar-refractivity contribution >= 4 is 29.2 Å². The third-order valence-electron chi connectivity index (χ3n) is 6.42. The molecule has 0 spiro atoms. The van der Waals surface area contributed by atoms with Crippen LogP contribution in [0.3, 0.4) is 0 Å². The van der Waals surface area contributed by atoms with E-state index < -0.39 is 0 Å². The minimum absolute atomic E-state index is 0.102. The van der Waals surface area contributed by atoms with E-state index >= 15 is 0 Å². The molecule has 0 fully saturated rings. The SMILES string of the molecule is CCc1cc(C)n(-c2ccc(Cl)cc2C(=O)c2ccccc2)c1CN1C(=O)c2ccccc2C1=O. The minimum atomic E-state index is -0.310. The number of fused-ring (bicyclic) bond motifs is 1. The molecule has 6 heteroatoms. The summed E-state index contributed by atoms with van der Waals surface area (Å²) in [5, 5.41) is 0.454. The highest BCUT2D eigenvalue weighted by molar-refractivity contribution is 6.31. The molecule has 0 N–H and O–H groups in total. The number of benzene rings is 3. The van der Waals surface area contributed by atoms with Crippen LogP contribution in [-0.4, -0.2) is 27.1 Å². The summed E-state index contributed by atoms with van der Waals surface area (Å²) in [6.07, 6.45) is 0.710. The first-order chi connectivity index (χ1) is 16.9. The maximum atomic E-state index is 13.5. The summed E-state index contributed by atoms with van der Waals surface area (Å²) in [5.74, 6) is -0.773. The van der Waals surface area contributed by atoms with Gasteiger partial charge < -0.3 is 4.57 Å². The number of hydrogen-bond acceptors (Lipinski definition) is 3. The number of halogens is 1. The van der Waals surface area contributed by atoms with Crippen LogP contribution in [0.25, 0.3) is 5.69 Å². The average molecular weight is 483 g/mol. The quantitative estimate of drug-likeness (QED) is 0.249. The van der Waals surface area contributed by atoms with Crippen molar-refractivity contribution in [2.45, 2.75) is 26.8 Å². The van der Waals surface area contributed by atoms with E-state index in [2.05, 4.69) is 0 Å². The normalized spacial score (nSPS) is 12.8. The van der Waals surface area contributed by atoms with E-state index in [-0.39, 0.29) is 24.1 Å². The van der Waals surface area contributed by atoms with Crippen LogP contribution < -0.4 is 0 Å². The number of carbonyl (C=O) groups is 3. The number of hydrogen-bond donors (Lipinski definition) is 0. The number of ketones is 1. The molecule has 174 valence electrons. The van der Waals surface area contributed by atoms with Gasteiger partial charge in [-0.15, -0.1) is 0 Å². The number of amides is 2. The zero-order valence-corrected chi connectivity index (χ0v) is 20.2. The summed E-state index contributed by atoms with van der Waals surface area (Å²) < 4.78 is 1.97. The van der Waals surface area contributed by atoms with Gasteiger partial charge in [-0.3, -0.25) is 19.3 Å². The van der Waals surface area contributed by atoms with Gasteiger partial charge in [-0.2, -0.15) is 0 Å². The number of imide groups is 1. The molecule has 1 aliphatic heterocycles. The van der Waals surface area contributed by atoms with E-state index in [0.717, 1.165) is 17.0 Å². The Morgan fingerprint density at radius 3 is 2.11 bits per heavy atom. The standard InChI is InChI=1S/C29H23ClN2O3/c1-3-19-15-18(2)32(26(19)17-31-28(34)22-11-7-8-12-23(22)29(31)35)25-14-13-21(30)16-24(25)27(33)20-9-5-4-6-10-20/h4-16H,3,17H2,1-2H3. The van der Waals surface area contributed by atoms with Crippen molar-refractivity contribution in [2.24, 2.45) is 0 Å². The van der Waals surface area contributed by atoms with Gasteiger partial charge in [-0.05, 0) is 55.3 Å². The van der Waals surface area contributed by atoms with Gasteiger partial charge in [-0.25, -0.2) is 0 Å². The molecule has 0 bridgehead atoms. The molecule has 2 amide bonds. The van der Waals surface area contributed by atoms with Crippen LogP contribution >= 0.6 is 11.6 Å². The van der Waals surface area contributed by atoms with Gasteiger partial charge in [0.1, 0.15) is 0 Å². The van der Waals surface area contributed by atoms with Gasteiger partial charge in [-0.1, -0.05) is 61.0 Å². The molecule has 0 saturated carbocycles. The van der Waals surface area contributed by atoms with Gasteiger partial charge >= 0.3 is 0 Å². The smallest absolute Gasteiger partial charge is 0.261 e. The number of carbonyl (C=O) groups excluding carboxylic acids is 3. The van der Waals surface area contributed by atoms with Crippen molar-refractivity contribution in [3.05, 3.63) is 123 Å². The molecular weight excluding hydrogens is 460 g/mol. The Kier molecular flexibility index (Phi) is 5.87. The number of aromatic nitrogens is 1. The largest absolute Gasteiger partial charge is 0.315 e. The second-order valence-corrected chi connectivity index (χ2v) is 8.98. The van der Waals surface area contributed by atoms with E-state index in [1.165, 1.54) is 4.90 Å². The third kappa shape index (κ3) is 3.88. The number of nitrogens with zero attached hydrogens (tertiary/aromatic N) is 2. The lowest BCUT2D eigenvalue weighted by Crippen LogP contribution is -2.30. The van der Waals surface area contributed by atoms with Gasteiger partial charge in [0.15, 0.2) is 5.78 Å². The Morgan fingerprint density at radius 2 is 1.49 bits per heavy atom. The lowest BCUT2D eigenvalue weighted by atomic mass is 10.0. The van der Waals surface area contributed by atoms with Crippen molar-refractivity contribution in [1.29, 1.82) is 0 Å². The molecule has 1 aliphatic rings. The van der Waals surface area contributed by atoms with E-state index in [1.54, 1.807) is 48.5 Å². The Labute approximate surface area is 208 Å². The van der Waals surface area contributed by atoms with Crippen LogP contribution in [0.15, 0.2) is 78.9 Å². The summed E-state index contributed by atoms with van der Waals surface area (Å²) in [6, 6.07) is 23.2. The number of rotatable bonds is 6. The molecule has 3 aromatic carbocycles. The Bertz CT molecular complexity index is 1450. The molecular formula is C29H23ClN2O3. The molecule has 1 aromatic heterocycles. The highest BCUT2D eigenvalue weighted by Crippen LogP contribution is 2.31. The summed E-state index contributed by atoms with van der Waals surface area (Å²) >= 11 is 6.32. The maximum Gasteiger partial charge on any atom is 0.261 e. The second-order valence-electron chi connectivity index (χ2n) is 8.55. The second kappa shape index (κ2) is 9.01. The predicted molar refractivity (Wildman–Crippen MR) is 135 cm³/mol. The summed E-state index contributed by atoms with van der Waals surface area (Å²) in [6.45, 7) is 4.09. The summed E-state index contributed by atoms with van der Waals surface area (Å²) in [7, 11) is 0. The van der Waals surface area contributed by atoms with Crippen molar-refractivity contribution in [3.8, 4) is 5.69 Å². The minimum Gasteiger partial charge on any atom is -0.315 e. The first kappa shape index (κ1) is 22.8. The van der Waals surface area contributed by atoms with Gasteiger partial charge in [0.05, 0.1) is 23.4 Å². The third-order valence-corrected chi connectivity index (χ3v) is 6.66. The zero-order chi connectivity index (χ0) is 24.7. The van der Waals surface area contributed by atoms with Crippen LogP contribution in [0.5, 0.6) is 0 Å². The van der Waals surface area contributed by atoms with Gasteiger partial charge in [0.2, 0.25) is 0 Å². The Balaban J connectivity index is 1.63. The van der Waals surface area contributed by atoms with Crippen LogP contribution in [0.4, 0.5) is 0 Å². The molecule has 0 aliphatic carbocycles. The lowest BCUT2D eigenvalue weighted by molar-refractivity contribution is 0.0639. The van der Waals surface area contributed by atoms with Crippen LogP contribution in [0.1, 0.15) is 60.5 Å². The highest BCUT2D eigenvalue weighted by Gasteiger charge is 2.36. The Morgan fingerprint density at radius 1 is 0.857 bits per heavy atom. The fourth-order valence-electron chi connectivity index (χ4n) is 4.73. The van der Waals surface area contributed by atoms with Crippen molar-refractivity contribution in [3.63, 3.8) is 0 Å². The monoisotopic (exact) mass is 482 g/mol. The van der Waals surface area contributed by atoms with Crippen LogP contribution in [0.2, 0.25) is 5.02 Å². The fourth-order valence-corrected chi connectivity index (χ4v) is 4.91. The van der Waals surface area contributed by atoms with E-state index in [0.29, 0.717) is 39.4 Å². The molecule has 2 heterocycles.